The molecular formula is C16H20BrF2NO4. The topological polar surface area (TPSA) is 64.6 Å². The van der Waals surface area contributed by atoms with Gasteiger partial charge in [-0.2, -0.15) is 8.78 Å². The van der Waals surface area contributed by atoms with Crippen molar-refractivity contribution < 1.29 is 27.8 Å². The summed E-state index contributed by atoms with van der Waals surface area (Å²) in [5, 5.41) is 2.62. The van der Waals surface area contributed by atoms with Gasteiger partial charge in [0.25, 0.3) is 0 Å². The number of nitrogens with one attached hydrogen (secondary N) is 1. The first-order valence-corrected chi connectivity index (χ1v) is 7.99. The number of amides is 1. The monoisotopic (exact) mass is 407 g/mol. The summed E-state index contributed by atoms with van der Waals surface area (Å²) in [6.45, 7) is 6.42. The van der Waals surface area contributed by atoms with Gasteiger partial charge in [0, 0.05) is 9.89 Å². The zero-order valence-corrected chi connectivity index (χ0v) is 15.7. The largest absolute Gasteiger partial charge is 0.495 e. The lowest BCUT2D eigenvalue weighted by molar-refractivity contribution is -0.173. The van der Waals surface area contributed by atoms with Gasteiger partial charge in [0.2, 0.25) is 5.91 Å². The number of alkyl halides is 2. The van der Waals surface area contributed by atoms with Crippen molar-refractivity contribution in [3.8, 4) is 5.75 Å². The molecule has 1 amide bonds. The summed E-state index contributed by atoms with van der Waals surface area (Å²) in [6.07, 6.45) is 0. The predicted molar refractivity (Wildman–Crippen MR) is 89.3 cm³/mol. The van der Waals surface area contributed by atoms with Crippen LogP contribution in [0.5, 0.6) is 5.75 Å². The van der Waals surface area contributed by atoms with Crippen LogP contribution in [0.15, 0.2) is 16.6 Å². The zero-order chi connectivity index (χ0) is 18.7. The first-order valence-electron chi connectivity index (χ1n) is 7.19. The molecule has 8 heteroatoms. The van der Waals surface area contributed by atoms with Crippen LogP contribution in [0.1, 0.15) is 33.3 Å². The Hall–Kier alpha value is -1.70. The van der Waals surface area contributed by atoms with Gasteiger partial charge in [0.1, 0.15) is 5.75 Å². The Balaban J connectivity index is 3.30. The number of ether oxygens (including phenoxy) is 2. The molecule has 0 aromatic heterocycles. The van der Waals surface area contributed by atoms with E-state index in [1.54, 1.807) is 20.8 Å². The minimum Gasteiger partial charge on any atom is -0.495 e. The number of hydrogen-bond acceptors (Lipinski definition) is 4. The van der Waals surface area contributed by atoms with E-state index in [1.165, 1.54) is 20.1 Å². The number of methoxy groups -OCH3 is 1. The lowest BCUT2D eigenvalue weighted by Crippen LogP contribution is -2.30. The van der Waals surface area contributed by atoms with Gasteiger partial charge in [-0.15, -0.1) is 0 Å². The molecule has 134 valence electrons. The summed E-state index contributed by atoms with van der Waals surface area (Å²) in [5.41, 5.74) is -1.07. The lowest BCUT2D eigenvalue weighted by Gasteiger charge is -2.21. The zero-order valence-electron chi connectivity index (χ0n) is 14.1. The molecule has 0 spiro atoms. The number of anilines is 1. The van der Waals surface area contributed by atoms with Crippen LogP contribution in [0.3, 0.4) is 0 Å². The lowest BCUT2D eigenvalue weighted by atomic mass is 9.95. The smallest absolute Gasteiger partial charge is 0.382 e. The molecule has 24 heavy (non-hydrogen) atoms. The van der Waals surface area contributed by atoms with Crippen molar-refractivity contribution in [2.75, 3.05) is 19.0 Å². The first kappa shape index (κ1) is 20.3. The van der Waals surface area contributed by atoms with Crippen molar-refractivity contribution in [2.24, 2.45) is 5.41 Å². The van der Waals surface area contributed by atoms with Crippen molar-refractivity contribution in [2.45, 2.75) is 33.6 Å². The molecule has 0 heterocycles. The number of benzene rings is 1. The van der Waals surface area contributed by atoms with Crippen LogP contribution in [0.25, 0.3) is 0 Å². The number of carbonyl (C=O) groups excluding carboxylic acids is 2. The minimum absolute atomic E-state index is 0.00905. The fourth-order valence-electron chi connectivity index (χ4n) is 1.70. The van der Waals surface area contributed by atoms with E-state index in [1.807, 2.05) is 0 Å². The van der Waals surface area contributed by atoms with Crippen molar-refractivity contribution in [3.05, 3.63) is 22.2 Å². The molecule has 0 unspecified atom stereocenters. The van der Waals surface area contributed by atoms with Gasteiger partial charge >= 0.3 is 11.9 Å². The van der Waals surface area contributed by atoms with Crippen LogP contribution < -0.4 is 10.1 Å². The van der Waals surface area contributed by atoms with Crippen LogP contribution >= 0.6 is 15.9 Å². The maximum Gasteiger partial charge on any atom is 0.382 e. The Morgan fingerprint density at radius 1 is 1.25 bits per heavy atom. The Morgan fingerprint density at radius 2 is 1.83 bits per heavy atom. The molecule has 1 rings (SSSR count). The fraction of sp³-hybridized carbons (Fsp3) is 0.500. The van der Waals surface area contributed by atoms with Crippen LogP contribution in [0.4, 0.5) is 14.5 Å². The summed E-state index contributed by atoms with van der Waals surface area (Å²) in [6, 6.07) is 2.27. The van der Waals surface area contributed by atoms with Crippen LogP contribution in [-0.2, 0) is 20.2 Å². The highest BCUT2D eigenvalue weighted by Crippen LogP contribution is 2.40. The number of hydrogen-bond donors (Lipinski definition) is 1. The molecule has 0 atom stereocenters. The fourth-order valence-corrected chi connectivity index (χ4v) is 2.29. The third kappa shape index (κ3) is 4.43. The quantitative estimate of drug-likeness (QED) is 0.746. The Kier molecular flexibility index (Phi) is 6.32. The average Bonchev–Trinajstić information content (AvgIpc) is 2.46. The summed E-state index contributed by atoms with van der Waals surface area (Å²) in [7, 11) is 1.28. The molecule has 0 radical (unpaired) electrons. The molecule has 1 N–H and O–H groups in total. The van der Waals surface area contributed by atoms with E-state index in [9.17, 15) is 18.4 Å². The summed E-state index contributed by atoms with van der Waals surface area (Å²) in [4.78, 5) is 23.6. The molecule has 1 aromatic carbocycles. The minimum atomic E-state index is -3.85. The normalized spacial score (nSPS) is 11.8. The molecule has 1 aromatic rings. The van der Waals surface area contributed by atoms with Crippen molar-refractivity contribution >= 4 is 33.5 Å². The molecular weight excluding hydrogens is 388 g/mol. The van der Waals surface area contributed by atoms with Gasteiger partial charge in [-0.25, -0.2) is 4.79 Å². The predicted octanol–water partition coefficient (Wildman–Crippen LogP) is 4.10. The van der Waals surface area contributed by atoms with Gasteiger partial charge < -0.3 is 14.8 Å². The second-order valence-corrected chi connectivity index (χ2v) is 6.89. The van der Waals surface area contributed by atoms with Crippen molar-refractivity contribution in [1.82, 2.24) is 0 Å². The molecule has 0 saturated carbocycles. The number of rotatable bonds is 5. The second kappa shape index (κ2) is 7.46. The van der Waals surface area contributed by atoms with E-state index in [2.05, 4.69) is 26.0 Å². The molecule has 0 bridgehead atoms. The van der Waals surface area contributed by atoms with E-state index < -0.39 is 22.9 Å². The maximum absolute atomic E-state index is 14.2. The third-order valence-corrected chi connectivity index (χ3v) is 3.74. The number of carbonyl (C=O) groups is 2. The first-order chi connectivity index (χ1) is 10.9. The number of halogens is 3. The van der Waals surface area contributed by atoms with E-state index in [0.717, 1.165) is 6.07 Å². The molecule has 0 saturated heterocycles. The SMILES string of the molecule is CCOC(=O)C(F)(F)c1cc(OC)c(NC(=O)C(C)(C)C)cc1Br. The van der Waals surface area contributed by atoms with Crippen molar-refractivity contribution in [1.29, 1.82) is 0 Å². The summed E-state index contributed by atoms with van der Waals surface area (Å²) in [5.74, 6) is -5.80. The maximum atomic E-state index is 14.2. The highest BCUT2D eigenvalue weighted by molar-refractivity contribution is 9.10. The van der Waals surface area contributed by atoms with Gasteiger partial charge in [0.05, 0.1) is 25.0 Å². The van der Waals surface area contributed by atoms with E-state index in [0.29, 0.717) is 0 Å². The van der Waals surface area contributed by atoms with Crippen LogP contribution in [0.2, 0.25) is 0 Å². The summed E-state index contributed by atoms with van der Waals surface area (Å²) >= 11 is 3.01. The molecule has 0 aliphatic carbocycles. The standard InChI is InChI=1S/C16H20BrF2NO4/c1-6-24-14(22)16(18,19)9-7-12(23-5)11(8-10(9)17)20-13(21)15(2,3)4/h7-8H,6H2,1-5H3,(H,20,21). The molecule has 0 aliphatic heterocycles. The Labute approximate surface area is 147 Å². The highest BCUT2D eigenvalue weighted by Gasteiger charge is 2.45. The van der Waals surface area contributed by atoms with Crippen LogP contribution in [0, 0.1) is 5.41 Å². The van der Waals surface area contributed by atoms with E-state index in [4.69, 9.17) is 4.74 Å². The van der Waals surface area contributed by atoms with E-state index in [-0.39, 0.29) is 28.4 Å². The van der Waals surface area contributed by atoms with Gasteiger partial charge in [-0.05, 0) is 19.1 Å². The van der Waals surface area contributed by atoms with E-state index >= 15 is 0 Å². The van der Waals surface area contributed by atoms with Crippen molar-refractivity contribution in [3.63, 3.8) is 0 Å². The molecule has 0 fully saturated rings. The Bertz CT molecular complexity index is 642. The molecule has 0 aliphatic rings. The van der Waals surface area contributed by atoms with Gasteiger partial charge in [-0.1, -0.05) is 36.7 Å². The van der Waals surface area contributed by atoms with Gasteiger partial charge in [0.15, 0.2) is 0 Å². The third-order valence-electron chi connectivity index (χ3n) is 3.09. The highest BCUT2D eigenvalue weighted by atomic mass is 79.9. The molecule has 5 nitrogen and oxygen atoms in total. The average molecular weight is 408 g/mol. The number of esters is 1. The van der Waals surface area contributed by atoms with Gasteiger partial charge in [-0.3, -0.25) is 4.79 Å². The van der Waals surface area contributed by atoms with Crippen LogP contribution in [-0.4, -0.2) is 25.6 Å². The Morgan fingerprint density at radius 3 is 2.29 bits per heavy atom. The summed E-state index contributed by atoms with van der Waals surface area (Å²) < 4.78 is 37.9. The second-order valence-electron chi connectivity index (χ2n) is 6.03.